The highest BCUT2D eigenvalue weighted by atomic mass is 35.5. The van der Waals surface area contributed by atoms with E-state index in [9.17, 15) is 14.0 Å². The van der Waals surface area contributed by atoms with Gasteiger partial charge in [0.1, 0.15) is 11.5 Å². The topological polar surface area (TPSA) is 58.6 Å². The van der Waals surface area contributed by atoms with Gasteiger partial charge >= 0.3 is 0 Å². The normalized spacial score (nSPS) is 14.3. The van der Waals surface area contributed by atoms with Crippen LogP contribution >= 0.6 is 11.6 Å². The van der Waals surface area contributed by atoms with E-state index in [-0.39, 0.29) is 23.9 Å². The largest absolute Gasteiger partial charge is 0.379 e. The number of anilines is 1. The zero-order valence-electron chi connectivity index (χ0n) is 17.2. The van der Waals surface area contributed by atoms with Crippen LogP contribution in [0.1, 0.15) is 31.4 Å². The minimum absolute atomic E-state index is 0.0754. The summed E-state index contributed by atoms with van der Waals surface area (Å²) in [5.74, 6) is -1.27. The van der Waals surface area contributed by atoms with Crippen molar-refractivity contribution in [1.29, 1.82) is 0 Å². The summed E-state index contributed by atoms with van der Waals surface area (Å²) in [6, 6.07) is 10.8. The Morgan fingerprint density at radius 2 is 1.80 bits per heavy atom. The van der Waals surface area contributed by atoms with E-state index in [0.29, 0.717) is 29.3 Å². The molecule has 0 fully saturated rings. The van der Waals surface area contributed by atoms with E-state index in [1.807, 2.05) is 26.8 Å². The number of carbonyl (C=O) groups is 2. The lowest BCUT2D eigenvalue weighted by atomic mass is 10.0. The average Bonchev–Trinajstić information content (AvgIpc) is 2.92. The molecule has 0 unspecified atom stereocenters. The molecule has 0 bridgehead atoms. The van der Waals surface area contributed by atoms with Crippen molar-refractivity contribution in [3.63, 3.8) is 0 Å². The Kier molecular flexibility index (Phi) is 6.90. The maximum Gasteiger partial charge on any atom is 0.278 e. The number of halogens is 2. The third kappa shape index (κ3) is 4.89. The second-order valence-electron chi connectivity index (χ2n) is 7.38. The molecule has 0 aromatic heterocycles. The molecule has 2 aromatic rings. The standard InChI is InChI=1S/C23H24ClFN2O3/c1-14(2)30-12-4-11-27-22(28)20(16-6-8-17(25)9-7-16)21(23(27)29)26-18-10-5-15(3)19(24)13-18/h5-10,13-14,26H,4,11-12H2,1-3H3. The molecule has 7 heteroatoms. The molecule has 158 valence electrons. The van der Waals surface area contributed by atoms with E-state index in [2.05, 4.69) is 5.32 Å². The van der Waals surface area contributed by atoms with Gasteiger partial charge in [-0.15, -0.1) is 0 Å². The van der Waals surface area contributed by atoms with Crippen LogP contribution < -0.4 is 5.32 Å². The molecule has 0 aliphatic carbocycles. The van der Waals surface area contributed by atoms with Gasteiger partial charge in [-0.3, -0.25) is 14.5 Å². The first-order valence-corrected chi connectivity index (χ1v) is 10.2. The Labute approximate surface area is 180 Å². The molecule has 3 rings (SSSR count). The number of ether oxygens (including phenoxy) is 1. The lowest BCUT2D eigenvalue weighted by molar-refractivity contribution is -0.137. The molecule has 0 spiro atoms. The van der Waals surface area contributed by atoms with Gasteiger partial charge in [-0.2, -0.15) is 0 Å². The van der Waals surface area contributed by atoms with Crippen LogP contribution in [0.4, 0.5) is 10.1 Å². The highest BCUT2D eigenvalue weighted by Gasteiger charge is 2.38. The summed E-state index contributed by atoms with van der Waals surface area (Å²) < 4.78 is 18.9. The molecule has 30 heavy (non-hydrogen) atoms. The first kappa shape index (κ1) is 22.0. The fourth-order valence-corrected chi connectivity index (χ4v) is 3.32. The van der Waals surface area contributed by atoms with Gasteiger partial charge in [0.25, 0.3) is 11.8 Å². The van der Waals surface area contributed by atoms with Gasteiger partial charge in [0.15, 0.2) is 0 Å². The van der Waals surface area contributed by atoms with Crippen LogP contribution in [0.5, 0.6) is 0 Å². The Bertz CT molecular complexity index is 986. The van der Waals surface area contributed by atoms with Crippen LogP contribution in [0.2, 0.25) is 5.02 Å². The van der Waals surface area contributed by atoms with Crippen LogP contribution in [-0.2, 0) is 14.3 Å². The number of nitrogens with one attached hydrogen (secondary N) is 1. The van der Waals surface area contributed by atoms with Crippen LogP contribution in [-0.4, -0.2) is 36.0 Å². The summed E-state index contributed by atoms with van der Waals surface area (Å²) in [4.78, 5) is 27.4. The number of nitrogens with zero attached hydrogens (tertiary/aromatic N) is 1. The predicted octanol–water partition coefficient (Wildman–Crippen LogP) is 4.79. The molecule has 1 heterocycles. The lowest BCUT2D eigenvalue weighted by Crippen LogP contribution is -2.34. The number of hydrogen-bond donors (Lipinski definition) is 1. The number of hydrogen-bond acceptors (Lipinski definition) is 4. The number of carbonyl (C=O) groups excluding carboxylic acids is 2. The second-order valence-corrected chi connectivity index (χ2v) is 7.79. The van der Waals surface area contributed by atoms with Gasteiger partial charge in [-0.25, -0.2) is 4.39 Å². The summed E-state index contributed by atoms with van der Waals surface area (Å²) in [6.07, 6.45) is 0.599. The molecule has 1 N–H and O–H groups in total. The zero-order valence-corrected chi connectivity index (χ0v) is 17.9. The van der Waals surface area contributed by atoms with Gasteiger partial charge in [-0.1, -0.05) is 29.8 Å². The molecule has 2 amide bonds. The lowest BCUT2D eigenvalue weighted by Gasteiger charge is -2.16. The van der Waals surface area contributed by atoms with Crippen LogP contribution in [0.3, 0.4) is 0 Å². The molecule has 5 nitrogen and oxygen atoms in total. The maximum absolute atomic E-state index is 13.4. The van der Waals surface area contributed by atoms with Crippen molar-refractivity contribution < 1.29 is 18.7 Å². The minimum atomic E-state index is -0.430. The van der Waals surface area contributed by atoms with Crippen molar-refractivity contribution >= 4 is 34.7 Å². The molecule has 0 atom stereocenters. The van der Waals surface area contributed by atoms with Crippen molar-refractivity contribution in [2.75, 3.05) is 18.5 Å². The van der Waals surface area contributed by atoms with Crippen LogP contribution in [0.15, 0.2) is 48.2 Å². The molecule has 1 aliphatic rings. The van der Waals surface area contributed by atoms with E-state index in [4.69, 9.17) is 16.3 Å². The van der Waals surface area contributed by atoms with E-state index in [0.717, 1.165) is 5.56 Å². The monoisotopic (exact) mass is 430 g/mol. The molecule has 2 aromatic carbocycles. The predicted molar refractivity (Wildman–Crippen MR) is 116 cm³/mol. The first-order valence-electron chi connectivity index (χ1n) is 9.79. The highest BCUT2D eigenvalue weighted by molar-refractivity contribution is 6.36. The van der Waals surface area contributed by atoms with Gasteiger partial charge < -0.3 is 10.1 Å². The highest BCUT2D eigenvalue weighted by Crippen LogP contribution is 2.31. The number of rotatable bonds is 8. The number of benzene rings is 2. The molecular formula is C23H24ClFN2O3. The summed E-state index contributed by atoms with van der Waals surface area (Å²) in [6.45, 7) is 6.40. The fraction of sp³-hybridized carbons (Fsp3) is 0.304. The van der Waals surface area contributed by atoms with Crippen molar-refractivity contribution in [1.82, 2.24) is 4.90 Å². The van der Waals surface area contributed by atoms with Gasteiger partial charge in [-0.05, 0) is 62.6 Å². The summed E-state index contributed by atoms with van der Waals surface area (Å²) in [5.41, 5.74) is 2.32. The Morgan fingerprint density at radius 3 is 2.43 bits per heavy atom. The molecule has 0 saturated heterocycles. The first-order chi connectivity index (χ1) is 14.3. The summed E-state index contributed by atoms with van der Waals surface area (Å²) >= 11 is 6.20. The quantitative estimate of drug-likeness (QED) is 0.483. The average molecular weight is 431 g/mol. The minimum Gasteiger partial charge on any atom is -0.379 e. The summed E-state index contributed by atoms with van der Waals surface area (Å²) in [5, 5.41) is 3.59. The SMILES string of the molecule is Cc1ccc(NC2=C(c3ccc(F)cc3)C(=O)N(CCCOC(C)C)C2=O)cc1Cl. The van der Waals surface area contributed by atoms with Gasteiger partial charge in [0, 0.05) is 23.9 Å². The van der Waals surface area contributed by atoms with E-state index < -0.39 is 17.6 Å². The van der Waals surface area contributed by atoms with E-state index in [1.54, 1.807) is 12.1 Å². The Morgan fingerprint density at radius 1 is 1.10 bits per heavy atom. The smallest absolute Gasteiger partial charge is 0.278 e. The number of amides is 2. The Hall–Kier alpha value is -2.70. The van der Waals surface area contributed by atoms with Crippen molar-refractivity contribution in [2.45, 2.75) is 33.3 Å². The molecule has 0 saturated carbocycles. The van der Waals surface area contributed by atoms with Crippen molar-refractivity contribution in [3.05, 3.63) is 70.1 Å². The molecule has 0 radical (unpaired) electrons. The second kappa shape index (κ2) is 9.41. The Balaban J connectivity index is 1.91. The van der Waals surface area contributed by atoms with Gasteiger partial charge in [0.05, 0.1) is 11.7 Å². The van der Waals surface area contributed by atoms with Crippen LogP contribution in [0, 0.1) is 12.7 Å². The summed E-state index contributed by atoms with van der Waals surface area (Å²) in [7, 11) is 0. The zero-order chi connectivity index (χ0) is 21.8. The third-order valence-electron chi connectivity index (χ3n) is 4.72. The van der Waals surface area contributed by atoms with Crippen LogP contribution in [0.25, 0.3) is 5.57 Å². The molecule has 1 aliphatic heterocycles. The van der Waals surface area contributed by atoms with Crippen molar-refractivity contribution in [2.24, 2.45) is 0 Å². The third-order valence-corrected chi connectivity index (χ3v) is 5.13. The van der Waals surface area contributed by atoms with Gasteiger partial charge in [0.2, 0.25) is 0 Å². The fourth-order valence-electron chi connectivity index (χ4n) is 3.14. The van der Waals surface area contributed by atoms with E-state index >= 15 is 0 Å². The number of aryl methyl sites for hydroxylation is 1. The maximum atomic E-state index is 13.4. The molecular weight excluding hydrogens is 407 g/mol. The number of imide groups is 1. The van der Waals surface area contributed by atoms with E-state index in [1.165, 1.54) is 29.2 Å². The van der Waals surface area contributed by atoms with Crippen molar-refractivity contribution in [3.8, 4) is 0 Å².